The summed E-state index contributed by atoms with van der Waals surface area (Å²) in [6.45, 7) is 2.01. The van der Waals surface area contributed by atoms with Crippen molar-refractivity contribution in [2.45, 2.75) is 19.9 Å². The lowest BCUT2D eigenvalue weighted by Crippen LogP contribution is -2.09. The molecule has 2 nitrogen and oxygen atoms in total. The number of hydrogen-bond acceptors (Lipinski definition) is 1. The normalized spacial score (nSPS) is 10.6. The second kappa shape index (κ2) is 5.72. The van der Waals surface area contributed by atoms with Gasteiger partial charge in [-0.3, -0.25) is 4.79 Å². The Hall–Kier alpha value is -1.06. The van der Waals surface area contributed by atoms with E-state index in [9.17, 15) is 4.79 Å². The maximum Gasteiger partial charge on any atom is 0.149 e. The van der Waals surface area contributed by atoms with Gasteiger partial charge in [0.1, 0.15) is 5.78 Å². The Morgan fingerprint density at radius 1 is 1.28 bits per heavy atom. The first kappa shape index (κ1) is 13.4. The third kappa shape index (κ3) is 3.24. The molecule has 0 fully saturated rings. The van der Waals surface area contributed by atoms with E-state index in [1.165, 1.54) is 5.56 Å². The fraction of sp³-hybridized carbons (Fsp3) is 0.214. The van der Waals surface area contributed by atoms with Crippen molar-refractivity contribution in [3.05, 3.63) is 57.3 Å². The molecule has 4 heteroatoms. The molecule has 0 bridgehead atoms. The minimum Gasteiger partial charge on any atom is -0.343 e. The summed E-state index contributed by atoms with van der Waals surface area (Å²) in [5.41, 5.74) is 2.27. The van der Waals surface area contributed by atoms with Gasteiger partial charge < -0.3 is 4.57 Å². The first-order chi connectivity index (χ1) is 8.56. The smallest absolute Gasteiger partial charge is 0.149 e. The number of rotatable bonds is 4. The molecular formula is C14H13BrClNO. The van der Waals surface area contributed by atoms with Gasteiger partial charge in [-0.25, -0.2) is 0 Å². The van der Waals surface area contributed by atoms with Gasteiger partial charge in [0, 0.05) is 27.8 Å². The molecule has 0 aliphatic rings. The highest BCUT2D eigenvalue weighted by Gasteiger charge is 2.09. The Labute approximate surface area is 120 Å². The van der Waals surface area contributed by atoms with E-state index in [2.05, 4.69) is 15.9 Å². The molecule has 0 unspecified atom stereocenters. The lowest BCUT2D eigenvalue weighted by molar-refractivity contribution is -0.117. The van der Waals surface area contributed by atoms with E-state index >= 15 is 0 Å². The van der Waals surface area contributed by atoms with E-state index in [1.54, 1.807) is 6.92 Å². The Morgan fingerprint density at radius 3 is 2.56 bits per heavy atom. The van der Waals surface area contributed by atoms with Crippen LogP contribution in [0.15, 0.2) is 41.0 Å². The predicted octanol–water partition coefficient (Wildman–Crippen LogP) is 4.08. The van der Waals surface area contributed by atoms with E-state index in [0.29, 0.717) is 6.54 Å². The van der Waals surface area contributed by atoms with E-state index in [4.69, 9.17) is 11.6 Å². The zero-order chi connectivity index (χ0) is 13.1. The quantitative estimate of drug-likeness (QED) is 0.829. The van der Waals surface area contributed by atoms with Gasteiger partial charge in [0.05, 0.1) is 6.54 Å². The number of halogens is 2. The van der Waals surface area contributed by atoms with Gasteiger partial charge in [-0.1, -0.05) is 23.7 Å². The van der Waals surface area contributed by atoms with E-state index in [1.807, 2.05) is 41.1 Å². The second-order valence-electron chi connectivity index (χ2n) is 4.24. The Kier molecular flexibility index (Phi) is 4.25. The molecule has 0 aliphatic heterocycles. The van der Waals surface area contributed by atoms with Crippen molar-refractivity contribution in [2.24, 2.45) is 0 Å². The molecule has 1 aromatic carbocycles. The van der Waals surface area contributed by atoms with Gasteiger partial charge >= 0.3 is 0 Å². The highest BCUT2D eigenvalue weighted by Crippen LogP contribution is 2.22. The molecule has 0 saturated heterocycles. The Balaban J connectivity index is 2.25. The largest absolute Gasteiger partial charge is 0.343 e. The highest BCUT2D eigenvalue weighted by atomic mass is 79.9. The van der Waals surface area contributed by atoms with E-state index in [0.717, 1.165) is 21.6 Å². The summed E-state index contributed by atoms with van der Waals surface area (Å²) < 4.78 is 3.00. The van der Waals surface area contributed by atoms with Crippen LogP contribution in [-0.4, -0.2) is 10.4 Å². The maximum absolute atomic E-state index is 11.2. The number of carbonyl (C=O) groups excluding carboxylic acids is 1. The number of benzene rings is 1. The first-order valence-electron chi connectivity index (χ1n) is 5.63. The maximum atomic E-state index is 11.2. The molecule has 0 amide bonds. The van der Waals surface area contributed by atoms with Crippen LogP contribution >= 0.6 is 27.5 Å². The average Bonchev–Trinajstić information content (AvgIpc) is 2.64. The summed E-state index contributed by atoms with van der Waals surface area (Å²) in [7, 11) is 0. The molecule has 94 valence electrons. The first-order valence-corrected chi connectivity index (χ1v) is 6.81. The van der Waals surface area contributed by atoms with Crippen LogP contribution in [0.25, 0.3) is 0 Å². The Morgan fingerprint density at radius 2 is 1.94 bits per heavy atom. The molecule has 18 heavy (non-hydrogen) atoms. The molecule has 2 aromatic rings. The van der Waals surface area contributed by atoms with Crippen LogP contribution in [0.3, 0.4) is 0 Å². The predicted molar refractivity (Wildman–Crippen MR) is 77.1 cm³/mol. The highest BCUT2D eigenvalue weighted by molar-refractivity contribution is 9.10. The zero-order valence-electron chi connectivity index (χ0n) is 9.99. The van der Waals surface area contributed by atoms with Gasteiger partial charge in [0.15, 0.2) is 0 Å². The van der Waals surface area contributed by atoms with Crippen molar-refractivity contribution >= 4 is 33.3 Å². The second-order valence-corrected chi connectivity index (χ2v) is 5.53. The van der Waals surface area contributed by atoms with Crippen molar-refractivity contribution in [2.75, 3.05) is 0 Å². The summed E-state index contributed by atoms with van der Waals surface area (Å²) in [6, 6.07) is 9.72. The lowest BCUT2D eigenvalue weighted by atomic mass is 10.1. The number of carbonyl (C=O) groups is 1. The van der Waals surface area contributed by atoms with Gasteiger partial charge in [-0.2, -0.15) is 0 Å². The zero-order valence-corrected chi connectivity index (χ0v) is 12.3. The van der Waals surface area contributed by atoms with Crippen LogP contribution in [0.4, 0.5) is 0 Å². The Bertz CT molecular complexity index is 560. The van der Waals surface area contributed by atoms with Gasteiger partial charge in [-0.15, -0.1) is 0 Å². The molecule has 0 atom stereocenters. The third-order valence-corrected chi connectivity index (χ3v) is 3.68. The molecule has 0 N–H and O–H groups in total. The van der Waals surface area contributed by atoms with Crippen LogP contribution in [0, 0.1) is 0 Å². The monoisotopic (exact) mass is 325 g/mol. The molecular weight excluding hydrogens is 314 g/mol. The molecule has 2 rings (SSSR count). The summed E-state index contributed by atoms with van der Waals surface area (Å²) in [4.78, 5) is 11.2. The van der Waals surface area contributed by atoms with Crippen LogP contribution < -0.4 is 0 Å². The number of hydrogen-bond donors (Lipinski definition) is 0. The minimum absolute atomic E-state index is 0.149. The van der Waals surface area contributed by atoms with Crippen LogP contribution in [0.5, 0.6) is 0 Å². The van der Waals surface area contributed by atoms with Gasteiger partial charge in [-0.05, 0) is 46.6 Å². The van der Waals surface area contributed by atoms with Crippen LogP contribution in [-0.2, 0) is 17.8 Å². The van der Waals surface area contributed by atoms with Crippen molar-refractivity contribution in [1.82, 2.24) is 4.57 Å². The van der Waals surface area contributed by atoms with Gasteiger partial charge in [0.2, 0.25) is 0 Å². The number of ketones is 1. The molecule has 0 aliphatic carbocycles. The topological polar surface area (TPSA) is 22.0 Å². The van der Waals surface area contributed by atoms with E-state index < -0.39 is 0 Å². The van der Waals surface area contributed by atoms with Crippen LogP contribution in [0.1, 0.15) is 18.2 Å². The van der Waals surface area contributed by atoms with Crippen LogP contribution in [0.2, 0.25) is 5.02 Å². The molecule has 0 saturated carbocycles. The molecule has 1 heterocycles. The number of nitrogens with zero attached hydrogens (tertiary/aromatic N) is 1. The summed E-state index contributed by atoms with van der Waals surface area (Å²) in [6.07, 6.45) is 2.70. The summed E-state index contributed by atoms with van der Waals surface area (Å²) in [5, 5.41) is 0.733. The van der Waals surface area contributed by atoms with Crippen molar-refractivity contribution in [3.63, 3.8) is 0 Å². The van der Waals surface area contributed by atoms with E-state index in [-0.39, 0.29) is 5.78 Å². The van der Waals surface area contributed by atoms with Crippen molar-refractivity contribution in [3.8, 4) is 0 Å². The number of Topliss-reactive ketones (excluding diaryl/α,β-unsaturated/α-hetero) is 1. The number of aromatic nitrogens is 1. The summed E-state index contributed by atoms with van der Waals surface area (Å²) in [5.74, 6) is 0.149. The van der Waals surface area contributed by atoms with Gasteiger partial charge in [0.25, 0.3) is 0 Å². The average molecular weight is 327 g/mol. The lowest BCUT2D eigenvalue weighted by Gasteiger charge is -2.08. The minimum atomic E-state index is 0.149. The molecule has 1 aromatic heterocycles. The summed E-state index contributed by atoms with van der Waals surface area (Å²) >= 11 is 9.39. The van der Waals surface area contributed by atoms with Crippen molar-refractivity contribution < 1.29 is 4.79 Å². The third-order valence-electron chi connectivity index (χ3n) is 2.70. The SMILES string of the molecule is CC(=O)Cn1ccc(Br)c1Cc1ccc(Cl)cc1. The molecule has 0 radical (unpaired) electrons. The molecule has 0 spiro atoms. The van der Waals surface area contributed by atoms with Crippen molar-refractivity contribution in [1.29, 1.82) is 0 Å². The fourth-order valence-corrected chi connectivity index (χ4v) is 2.46. The standard InChI is InChI=1S/C14H13BrClNO/c1-10(18)9-17-7-6-13(15)14(17)8-11-2-4-12(16)5-3-11/h2-7H,8-9H2,1H3. The fourth-order valence-electron chi connectivity index (χ4n) is 1.85.